The van der Waals surface area contributed by atoms with Crippen LogP contribution >= 0.6 is 22.7 Å². The van der Waals surface area contributed by atoms with Gasteiger partial charge in [-0.1, -0.05) is 12.1 Å². The quantitative estimate of drug-likeness (QED) is 0.452. The number of aliphatic hydroxyl groups is 1. The maximum absolute atomic E-state index is 12.1. The van der Waals surface area contributed by atoms with Crippen molar-refractivity contribution in [1.82, 2.24) is 5.32 Å². The van der Waals surface area contributed by atoms with E-state index in [9.17, 15) is 19.5 Å². The number of thiophene rings is 2. The Hall–Kier alpha value is -3.01. The van der Waals surface area contributed by atoms with Crippen LogP contribution in [0.3, 0.4) is 0 Å². The van der Waals surface area contributed by atoms with E-state index in [0.717, 1.165) is 14.6 Å². The Bertz CT molecular complexity index is 1010. The van der Waals surface area contributed by atoms with E-state index in [2.05, 4.69) is 16.0 Å². The highest BCUT2D eigenvalue weighted by atomic mass is 32.1. The minimum atomic E-state index is -0.805. The van der Waals surface area contributed by atoms with Crippen LogP contribution in [0.5, 0.6) is 0 Å². The lowest BCUT2D eigenvalue weighted by Crippen LogP contribution is -2.34. The SMILES string of the molecule is CC(=O)Nc1cccc(NC(=O)C(=O)NCc2ccc(C(O)c3cccs3)s2)c1. The maximum atomic E-state index is 12.1. The van der Waals surface area contributed by atoms with Crippen LogP contribution in [0.15, 0.2) is 53.9 Å². The van der Waals surface area contributed by atoms with Crippen molar-refractivity contribution in [3.8, 4) is 0 Å². The lowest BCUT2D eigenvalue weighted by atomic mass is 10.2. The second kappa shape index (κ2) is 9.46. The van der Waals surface area contributed by atoms with Gasteiger partial charge in [0.2, 0.25) is 5.91 Å². The molecule has 3 aromatic rings. The molecule has 2 heterocycles. The molecule has 1 atom stereocenters. The Kier molecular flexibility index (Phi) is 6.76. The Labute approximate surface area is 175 Å². The van der Waals surface area contributed by atoms with Gasteiger partial charge < -0.3 is 21.1 Å². The molecule has 3 amide bonds. The minimum absolute atomic E-state index is 0.181. The number of rotatable bonds is 6. The van der Waals surface area contributed by atoms with Crippen LogP contribution in [0.25, 0.3) is 0 Å². The van der Waals surface area contributed by atoms with Gasteiger partial charge in [0.15, 0.2) is 0 Å². The molecule has 3 rings (SSSR count). The van der Waals surface area contributed by atoms with E-state index < -0.39 is 17.9 Å². The highest BCUT2D eigenvalue weighted by Gasteiger charge is 2.16. The van der Waals surface area contributed by atoms with Crippen LogP contribution in [0.2, 0.25) is 0 Å². The summed E-state index contributed by atoms with van der Waals surface area (Å²) in [6.45, 7) is 1.56. The highest BCUT2D eigenvalue weighted by molar-refractivity contribution is 7.12. The first-order valence-corrected chi connectivity index (χ1v) is 10.4. The molecular weight excluding hydrogens is 410 g/mol. The van der Waals surface area contributed by atoms with E-state index in [1.54, 1.807) is 24.3 Å². The molecule has 0 fully saturated rings. The monoisotopic (exact) mass is 429 g/mol. The fourth-order valence-electron chi connectivity index (χ4n) is 2.54. The molecule has 9 heteroatoms. The third-order valence-electron chi connectivity index (χ3n) is 3.83. The Morgan fingerprint density at radius 3 is 2.41 bits per heavy atom. The Morgan fingerprint density at radius 1 is 0.966 bits per heavy atom. The summed E-state index contributed by atoms with van der Waals surface area (Å²) >= 11 is 2.85. The molecule has 2 aromatic heterocycles. The zero-order valence-corrected chi connectivity index (χ0v) is 17.1. The van der Waals surface area contributed by atoms with Gasteiger partial charge >= 0.3 is 11.8 Å². The van der Waals surface area contributed by atoms with E-state index in [1.807, 2.05) is 29.6 Å². The van der Waals surface area contributed by atoms with E-state index in [4.69, 9.17) is 0 Å². The molecule has 4 N–H and O–H groups in total. The van der Waals surface area contributed by atoms with Gasteiger partial charge in [-0.2, -0.15) is 0 Å². The van der Waals surface area contributed by atoms with Gasteiger partial charge in [-0.3, -0.25) is 14.4 Å². The molecule has 0 saturated carbocycles. The van der Waals surface area contributed by atoms with Crippen molar-refractivity contribution in [3.63, 3.8) is 0 Å². The second-order valence-corrected chi connectivity index (χ2v) is 8.30. The van der Waals surface area contributed by atoms with Gasteiger partial charge in [0.25, 0.3) is 0 Å². The molecule has 0 bridgehead atoms. The molecule has 29 heavy (non-hydrogen) atoms. The van der Waals surface area contributed by atoms with Crippen LogP contribution in [-0.2, 0) is 20.9 Å². The molecule has 0 aliphatic rings. The second-order valence-electron chi connectivity index (χ2n) is 6.12. The zero-order chi connectivity index (χ0) is 20.8. The van der Waals surface area contributed by atoms with Gasteiger partial charge in [-0.15, -0.1) is 22.7 Å². The minimum Gasteiger partial charge on any atom is -0.382 e. The van der Waals surface area contributed by atoms with Gasteiger partial charge in [-0.05, 0) is 41.8 Å². The molecule has 0 saturated heterocycles. The van der Waals surface area contributed by atoms with Crippen molar-refractivity contribution >= 4 is 51.8 Å². The van der Waals surface area contributed by atoms with Crippen molar-refractivity contribution in [1.29, 1.82) is 0 Å². The van der Waals surface area contributed by atoms with Gasteiger partial charge in [-0.25, -0.2) is 0 Å². The molecule has 0 aliphatic heterocycles. The van der Waals surface area contributed by atoms with E-state index in [0.29, 0.717) is 11.4 Å². The molecule has 0 spiro atoms. The number of benzene rings is 1. The molecule has 7 nitrogen and oxygen atoms in total. The topological polar surface area (TPSA) is 108 Å². The van der Waals surface area contributed by atoms with Crippen molar-refractivity contribution in [3.05, 3.63) is 68.5 Å². The predicted octanol–water partition coefficient (Wildman–Crippen LogP) is 3.10. The number of hydrogen-bond donors (Lipinski definition) is 4. The summed E-state index contributed by atoms with van der Waals surface area (Å²) in [5.41, 5.74) is 0.917. The summed E-state index contributed by atoms with van der Waals surface area (Å²) in [7, 11) is 0. The van der Waals surface area contributed by atoms with Crippen molar-refractivity contribution in [2.24, 2.45) is 0 Å². The Morgan fingerprint density at radius 2 is 1.72 bits per heavy atom. The summed E-state index contributed by atoms with van der Waals surface area (Å²) in [4.78, 5) is 37.7. The van der Waals surface area contributed by atoms with Gasteiger partial charge in [0.1, 0.15) is 6.10 Å². The normalized spacial score (nSPS) is 11.5. The van der Waals surface area contributed by atoms with Crippen molar-refractivity contribution in [2.45, 2.75) is 19.6 Å². The number of nitrogens with one attached hydrogen (secondary N) is 3. The first kappa shape index (κ1) is 20.7. The Balaban J connectivity index is 1.53. The lowest BCUT2D eigenvalue weighted by Gasteiger charge is -2.08. The molecule has 1 aromatic carbocycles. The molecular formula is C20H19N3O4S2. The number of hydrogen-bond acceptors (Lipinski definition) is 6. The average Bonchev–Trinajstić information content (AvgIpc) is 3.37. The molecule has 1 unspecified atom stereocenters. The fourth-order valence-corrected chi connectivity index (χ4v) is 4.30. The lowest BCUT2D eigenvalue weighted by molar-refractivity contribution is -0.136. The van der Waals surface area contributed by atoms with Crippen molar-refractivity contribution in [2.75, 3.05) is 10.6 Å². The average molecular weight is 430 g/mol. The zero-order valence-electron chi connectivity index (χ0n) is 15.5. The fraction of sp³-hybridized carbons (Fsp3) is 0.150. The van der Waals surface area contributed by atoms with Crippen LogP contribution in [0.1, 0.15) is 27.7 Å². The summed E-state index contributed by atoms with van der Waals surface area (Å²) in [6.07, 6.45) is -0.691. The first-order valence-electron chi connectivity index (χ1n) is 8.69. The van der Waals surface area contributed by atoms with Gasteiger partial charge in [0.05, 0.1) is 6.54 Å². The van der Waals surface area contributed by atoms with E-state index >= 15 is 0 Å². The number of anilines is 2. The first-order chi connectivity index (χ1) is 13.9. The summed E-state index contributed by atoms with van der Waals surface area (Å²) in [5.74, 6) is -1.81. The predicted molar refractivity (Wildman–Crippen MR) is 114 cm³/mol. The number of carbonyl (C=O) groups excluding carboxylic acids is 3. The molecule has 0 radical (unpaired) electrons. The standard InChI is InChI=1S/C20H19N3O4S2/c1-12(24)22-13-4-2-5-14(10-13)23-20(27)19(26)21-11-15-7-8-17(29-15)18(25)16-6-3-9-28-16/h2-10,18,25H,11H2,1H3,(H,21,26)(H,22,24)(H,23,27). The third-order valence-corrected chi connectivity index (χ3v) is 5.90. The van der Waals surface area contributed by atoms with E-state index in [1.165, 1.54) is 29.6 Å². The summed E-state index contributed by atoms with van der Waals surface area (Å²) in [6, 6.07) is 13.9. The number of aliphatic hydroxyl groups excluding tert-OH is 1. The van der Waals surface area contributed by atoms with Crippen LogP contribution in [0, 0.1) is 0 Å². The maximum Gasteiger partial charge on any atom is 0.313 e. The largest absolute Gasteiger partial charge is 0.382 e. The van der Waals surface area contributed by atoms with Crippen LogP contribution in [0.4, 0.5) is 11.4 Å². The highest BCUT2D eigenvalue weighted by Crippen LogP contribution is 2.30. The summed E-state index contributed by atoms with van der Waals surface area (Å²) in [5, 5.41) is 19.9. The molecule has 150 valence electrons. The van der Waals surface area contributed by atoms with Crippen LogP contribution in [-0.4, -0.2) is 22.8 Å². The van der Waals surface area contributed by atoms with Crippen LogP contribution < -0.4 is 16.0 Å². The van der Waals surface area contributed by atoms with E-state index in [-0.39, 0.29) is 12.5 Å². The number of amides is 3. The summed E-state index contributed by atoms with van der Waals surface area (Å²) < 4.78 is 0. The number of carbonyl (C=O) groups is 3. The molecule has 0 aliphatic carbocycles. The smallest absolute Gasteiger partial charge is 0.313 e. The van der Waals surface area contributed by atoms with Gasteiger partial charge in [0, 0.05) is 32.9 Å². The van der Waals surface area contributed by atoms with Crippen molar-refractivity contribution < 1.29 is 19.5 Å². The third kappa shape index (κ3) is 5.74.